The highest BCUT2D eigenvalue weighted by atomic mass is 14.7. The molecule has 1 aliphatic carbocycles. The van der Waals surface area contributed by atoms with Crippen molar-refractivity contribution in [2.24, 2.45) is 4.99 Å². The van der Waals surface area contributed by atoms with Gasteiger partial charge in [-0.15, -0.1) is 0 Å². The first-order valence-corrected chi connectivity index (χ1v) is 9.65. The first kappa shape index (κ1) is 19.7. The summed E-state index contributed by atoms with van der Waals surface area (Å²) in [6.07, 6.45) is 2.99. The lowest BCUT2D eigenvalue weighted by molar-refractivity contribution is 1.07. The third kappa shape index (κ3) is 4.70. The van der Waals surface area contributed by atoms with E-state index in [1.807, 2.05) is 52.1 Å². The Morgan fingerprint density at radius 2 is 1.38 bits per heavy atom. The Labute approximate surface area is 158 Å². The van der Waals surface area contributed by atoms with Crippen molar-refractivity contribution in [3.8, 4) is 11.1 Å². The summed E-state index contributed by atoms with van der Waals surface area (Å²) in [5.74, 6) is 0. The Morgan fingerprint density at radius 1 is 0.731 bits per heavy atom. The molecule has 0 aromatic heterocycles. The minimum atomic E-state index is 0.735. The van der Waals surface area contributed by atoms with Gasteiger partial charge >= 0.3 is 0 Å². The smallest absolute Gasteiger partial charge is 0.0640 e. The summed E-state index contributed by atoms with van der Waals surface area (Å²) >= 11 is 0. The van der Waals surface area contributed by atoms with Gasteiger partial charge in [-0.05, 0) is 39.8 Å². The Balaban J connectivity index is 0.000000570. The van der Waals surface area contributed by atoms with E-state index in [1.54, 1.807) is 0 Å². The lowest BCUT2D eigenvalue weighted by atomic mass is 10.0. The maximum absolute atomic E-state index is 4.56. The highest BCUT2D eigenvalue weighted by Crippen LogP contribution is 2.36. The van der Waals surface area contributed by atoms with E-state index < -0.39 is 0 Å². The number of benzene rings is 3. The monoisotopic (exact) mass is 343 g/mol. The van der Waals surface area contributed by atoms with Gasteiger partial charge in [-0.1, -0.05) is 100 Å². The Morgan fingerprint density at radius 3 is 2.15 bits per heavy atom. The van der Waals surface area contributed by atoms with Crippen LogP contribution < -0.4 is 0 Å². The molecular formula is C25H29N. The molecule has 0 aliphatic heterocycles. The van der Waals surface area contributed by atoms with E-state index in [1.165, 1.54) is 27.8 Å². The van der Waals surface area contributed by atoms with Crippen molar-refractivity contribution in [1.29, 1.82) is 0 Å². The summed E-state index contributed by atoms with van der Waals surface area (Å²) in [5, 5.41) is 0. The standard InChI is InChI=1S/C21H17N.2C2H6/c1-2-6-16(7-3-1)14-22-15-17-10-11-21-19(12-17)13-18-8-4-5-9-20(18)21;2*1-2/h1-12,14H,13,15H2;2*1-2H3. The average molecular weight is 344 g/mol. The number of rotatable bonds is 3. The molecule has 0 N–H and O–H groups in total. The predicted molar refractivity (Wildman–Crippen MR) is 115 cm³/mol. The van der Waals surface area contributed by atoms with Crippen molar-refractivity contribution in [2.45, 2.75) is 40.7 Å². The van der Waals surface area contributed by atoms with E-state index in [0.717, 1.165) is 18.5 Å². The van der Waals surface area contributed by atoms with Crippen LogP contribution in [0.5, 0.6) is 0 Å². The van der Waals surface area contributed by atoms with Gasteiger partial charge in [0.2, 0.25) is 0 Å². The summed E-state index contributed by atoms with van der Waals surface area (Å²) in [5.41, 5.74) is 8.05. The molecule has 134 valence electrons. The van der Waals surface area contributed by atoms with Gasteiger partial charge in [0.25, 0.3) is 0 Å². The first-order valence-electron chi connectivity index (χ1n) is 9.65. The molecule has 4 rings (SSSR count). The summed E-state index contributed by atoms with van der Waals surface area (Å²) in [6.45, 7) is 8.73. The van der Waals surface area contributed by atoms with Gasteiger partial charge in [-0.2, -0.15) is 0 Å². The maximum atomic E-state index is 4.56. The normalized spacial score (nSPS) is 10.9. The Bertz CT molecular complexity index is 832. The average Bonchev–Trinajstić information content (AvgIpc) is 3.10. The van der Waals surface area contributed by atoms with E-state index in [4.69, 9.17) is 0 Å². The van der Waals surface area contributed by atoms with E-state index >= 15 is 0 Å². The molecular weight excluding hydrogens is 314 g/mol. The van der Waals surface area contributed by atoms with Gasteiger partial charge in [0.1, 0.15) is 0 Å². The molecule has 0 saturated carbocycles. The molecule has 3 aromatic rings. The topological polar surface area (TPSA) is 12.4 Å². The zero-order valence-electron chi connectivity index (χ0n) is 16.4. The van der Waals surface area contributed by atoms with Gasteiger partial charge in [-0.25, -0.2) is 0 Å². The second kappa shape index (κ2) is 10.4. The quantitative estimate of drug-likeness (QED) is 0.358. The highest BCUT2D eigenvalue weighted by Gasteiger charge is 2.17. The molecule has 26 heavy (non-hydrogen) atoms. The number of hydrogen-bond acceptors (Lipinski definition) is 1. The molecule has 0 amide bonds. The second-order valence-electron chi connectivity index (χ2n) is 5.71. The van der Waals surface area contributed by atoms with Crippen LogP contribution in [0.2, 0.25) is 0 Å². The fraction of sp³-hybridized carbons (Fsp3) is 0.240. The maximum Gasteiger partial charge on any atom is 0.0640 e. The van der Waals surface area contributed by atoms with Gasteiger partial charge < -0.3 is 0 Å². The van der Waals surface area contributed by atoms with Crippen molar-refractivity contribution < 1.29 is 0 Å². The Hall–Kier alpha value is -2.67. The number of nitrogens with zero attached hydrogens (tertiary/aromatic N) is 1. The molecule has 1 heteroatoms. The predicted octanol–water partition coefficient (Wildman–Crippen LogP) is 6.93. The minimum Gasteiger partial charge on any atom is -0.288 e. The molecule has 0 atom stereocenters. The van der Waals surface area contributed by atoms with Crippen LogP contribution in [0, 0.1) is 0 Å². The van der Waals surface area contributed by atoms with Gasteiger partial charge in [0.05, 0.1) is 6.54 Å². The lowest BCUT2D eigenvalue weighted by Crippen LogP contribution is -1.87. The molecule has 0 spiro atoms. The molecule has 3 aromatic carbocycles. The largest absolute Gasteiger partial charge is 0.288 e. The molecule has 0 fully saturated rings. The summed E-state index contributed by atoms with van der Waals surface area (Å²) in [7, 11) is 0. The number of fused-ring (bicyclic) bond motifs is 3. The summed E-state index contributed by atoms with van der Waals surface area (Å²) in [4.78, 5) is 4.56. The first-order chi connectivity index (χ1) is 12.9. The number of aliphatic imine (C=N–C) groups is 1. The molecule has 0 bridgehead atoms. The molecule has 0 saturated heterocycles. The zero-order valence-corrected chi connectivity index (χ0v) is 16.4. The van der Waals surface area contributed by atoms with Crippen LogP contribution in [0.25, 0.3) is 11.1 Å². The van der Waals surface area contributed by atoms with Gasteiger partial charge in [0, 0.05) is 6.21 Å². The fourth-order valence-corrected chi connectivity index (χ4v) is 3.09. The summed E-state index contributed by atoms with van der Waals surface area (Å²) in [6, 6.07) is 25.7. The third-order valence-electron chi connectivity index (χ3n) is 4.17. The second-order valence-corrected chi connectivity index (χ2v) is 5.71. The molecule has 1 aliphatic rings. The molecule has 0 heterocycles. The third-order valence-corrected chi connectivity index (χ3v) is 4.17. The van der Waals surface area contributed by atoms with Crippen LogP contribution in [0.1, 0.15) is 49.9 Å². The lowest BCUT2D eigenvalue weighted by Gasteiger charge is -2.03. The zero-order chi connectivity index (χ0) is 18.8. The van der Waals surface area contributed by atoms with E-state index in [0.29, 0.717) is 0 Å². The molecule has 1 nitrogen and oxygen atoms in total. The van der Waals surface area contributed by atoms with Gasteiger partial charge in [0.15, 0.2) is 0 Å². The van der Waals surface area contributed by atoms with Crippen molar-refractivity contribution >= 4 is 6.21 Å². The van der Waals surface area contributed by atoms with Crippen LogP contribution in [-0.4, -0.2) is 6.21 Å². The van der Waals surface area contributed by atoms with E-state index in [9.17, 15) is 0 Å². The SMILES string of the molecule is C(=NCc1ccc2c(c1)Cc1ccccc1-2)c1ccccc1.CC.CC. The van der Waals surface area contributed by atoms with Crippen molar-refractivity contribution in [2.75, 3.05) is 0 Å². The fourth-order valence-electron chi connectivity index (χ4n) is 3.09. The minimum absolute atomic E-state index is 0.735. The van der Waals surface area contributed by atoms with E-state index in [-0.39, 0.29) is 0 Å². The van der Waals surface area contributed by atoms with Crippen molar-refractivity contribution in [3.63, 3.8) is 0 Å². The number of hydrogen-bond donors (Lipinski definition) is 0. The van der Waals surface area contributed by atoms with Crippen LogP contribution in [-0.2, 0) is 13.0 Å². The van der Waals surface area contributed by atoms with Crippen LogP contribution in [0.15, 0.2) is 77.8 Å². The highest BCUT2D eigenvalue weighted by molar-refractivity contribution is 5.79. The molecule has 0 radical (unpaired) electrons. The van der Waals surface area contributed by atoms with Crippen LogP contribution >= 0.6 is 0 Å². The van der Waals surface area contributed by atoms with Crippen LogP contribution in [0.3, 0.4) is 0 Å². The molecule has 0 unspecified atom stereocenters. The Kier molecular flexibility index (Phi) is 7.82. The van der Waals surface area contributed by atoms with Crippen LogP contribution in [0.4, 0.5) is 0 Å². The summed E-state index contributed by atoms with van der Waals surface area (Å²) < 4.78 is 0. The van der Waals surface area contributed by atoms with Crippen molar-refractivity contribution in [1.82, 2.24) is 0 Å². The van der Waals surface area contributed by atoms with Gasteiger partial charge in [-0.3, -0.25) is 4.99 Å². The van der Waals surface area contributed by atoms with E-state index in [2.05, 4.69) is 59.6 Å². The van der Waals surface area contributed by atoms with Crippen molar-refractivity contribution in [3.05, 3.63) is 95.1 Å².